The van der Waals surface area contributed by atoms with Gasteiger partial charge in [0.1, 0.15) is 5.60 Å². The number of carbonyl (C=O) groups excluding carboxylic acids is 1. The zero-order valence-electron chi connectivity index (χ0n) is 17.7. The minimum absolute atomic E-state index is 0.412. The van der Waals surface area contributed by atoms with Gasteiger partial charge in [0.05, 0.1) is 6.61 Å². The summed E-state index contributed by atoms with van der Waals surface area (Å²) in [7, 11) is 1.73. The van der Waals surface area contributed by atoms with Gasteiger partial charge in [-0.05, 0) is 45.6 Å². The van der Waals surface area contributed by atoms with Crippen molar-refractivity contribution in [3.05, 3.63) is 35.9 Å². The van der Waals surface area contributed by atoms with E-state index in [-0.39, 0.29) is 0 Å². The highest BCUT2D eigenvalue weighted by atomic mass is 16.6. The lowest BCUT2D eigenvalue weighted by atomic mass is 10.2. The maximum absolute atomic E-state index is 11.6. The number of alkyl carbamates (subject to hydrolysis) is 1. The molecule has 28 heavy (non-hydrogen) atoms. The van der Waals surface area contributed by atoms with Crippen molar-refractivity contribution in [1.29, 1.82) is 0 Å². The van der Waals surface area contributed by atoms with Gasteiger partial charge >= 0.3 is 6.09 Å². The highest BCUT2D eigenvalue weighted by Crippen LogP contribution is 2.06. The van der Waals surface area contributed by atoms with E-state index in [2.05, 4.69) is 45.2 Å². The Bertz CT molecular complexity index is 571. The number of carbonyl (C=O) groups is 1. The second-order valence-electron chi connectivity index (χ2n) is 7.41. The monoisotopic (exact) mass is 392 g/mol. The summed E-state index contributed by atoms with van der Waals surface area (Å²) >= 11 is 0. The van der Waals surface area contributed by atoms with Crippen molar-refractivity contribution in [2.45, 2.75) is 45.6 Å². The summed E-state index contributed by atoms with van der Waals surface area (Å²) in [5.41, 5.74) is 0.820. The molecule has 0 atom stereocenters. The van der Waals surface area contributed by atoms with Crippen LogP contribution >= 0.6 is 0 Å². The summed E-state index contributed by atoms with van der Waals surface area (Å²) in [6, 6.07) is 10.4. The smallest absolute Gasteiger partial charge is 0.407 e. The fourth-order valence-electron chi connectivity index (χ4n) is 2.35. The molecule has 0 radical (unpaired) electrons. The van der Waals surface area contributed by atoms with Crippen LogP contribution in [0.4, 0.5) is 4.79 Å². The molecule has 3 N–H and O–H groups in total. The van der Waals surface area contributed by atoms with Crippen LogP contribution in [0.1, 0.15) is 39.2 Å². The van der Waals surface area contributed by atoms with Gasteiger partial charge in [0.25, 0.3) is 0 Å². The molecule has 0 saturated heterocycles. The summed E-state index contributed by atoms with van der Waals surface area (Å²) in [6.07, 6.45) is 2.54. The first-order valence-electron chi connectivity index (χ1n) is 9.94. The Kier molecular flexibility index (Phi) is 11.7. The Labute approximate surface area is 169 Å². The van der Waals surface area contributed by atoms with Gasteiger partial charge in [-0.3, -0.25) is 4.99 Å². The number of unbranched alkanes of at least 4 members (excludes halogenated alkanes) is 1. The average Bonchev–Trinajstić information content (AvgIpc) is 2.65. The van der Waals surface area contributed by atoms with E-state index in [9.17, 15) is 4.79 Å². The van der Waals surface area contributed by atoms with E-state index in [1.54, 1.807) is 7.05 Å². The van der Waals surface area contributed by atoms with Crippen LogP contribution in [-0.4, -0.2) is 57.5 Å². The Balaban J connectivity index is 1.97. The van der Waals surface area contributed by atoms with Crippen molar-refractivity contribution in [3.63, 3.8) is 0 Å². The van der Waals surface area contributed by atoms with Crippen LogP contribution in [-0.2, 0) is 15.9 Å². The first-order chi connectivity index (χ1) is 13.4. The van der Waals surface area contributed by atoms with Crippen molar-refractivity contribution in [1.82, 2.24) is 16.0 Å². The molecule has 0 aliphatic heterocycles. The number of amides is 1. The molecule has 1 aromatic rings. The van der Waals surface area contributed by atoms with Crippen molar-refractivity contribution < 1.29 is 14.3 Å². The third-order valence-corrected chi connectivity index (χ3v) is 3.70. The zero-order valence-corrected chi connectivity index (χ0v) is 17.7. The van der Waals surface area contributed by atoms with E-state index in [4.69, 9.17) is 9.47 Å². The molecule has 7 heteroatoms. The Morgan fingerprint density at radius 1 is 0.964 bits per heavy atom. The van der Waals surface area contributed by atoms with E-state index in [0.717, 1.165) is 45.0 Å². The number of guanidine groups is 1. The molecule has 0 aliphatic carbocycles. The standard InChI is InChI=1S/C21H36N4O3/c1-21(2,3)28-20(26)25-15-14-24-19(22-4)23-13-8-9-16-27-17-12-18-10-6-5-7-11-18/h5-7,10-11H,8-9,12-17H2,1-4H3,(H,25,26)(H2,22,23,24). The van der Waals surface area contributed by atoms with E-state index in [0.29, 0.717) is 13.1 Å². The first kappa shape index (κ1) is 23.8. The molecule has 0 aromatic heterocycles. The highest BCUT2D eigenvalue weighted by molar-refractivity contribution is 5.79. The van der Waals surface area contributed by atoms with Crippen LogP contribution in [0.2, 0.25) is 0 Å². The topological polar surface area (TPSA) is 84.0 Å². The lowest BCUT2D eigenvalue weighted by molar-refractivity contribution is 0.0529. The summed E-state index contributed by atoms with van der Waals surface area (Å²) in [6.45, 7) is 8.89. The first-order valence-corrected chi connectivity index (χ1v) is 9.94. The molecule has 0 aliphatic rings. The van der Waals surface area contributed by atoms with Crippen LogP contribution in [0.15, 0.2) is 35.3 Å². The maximum atomic E-state index is 11.6. The van der Waals surface area contributed by atoms with Gasteiger partial charge in [-0.15, -0.1) is 0 Å². The molecule has 0 unspecified atom stereocenters. The number of benzene rings is 1. The average molecular weight is 393 g/mol. The van der Waals surface area contributed by atoms with Gasteiger partial charge in [0.2, 0.25) is 0 Å². The summed E-state index contributed by atoms with van der Waals surface area (Å²) in [4.78, 5) is 15.7. The number of nitrogens with one attached hydrogen (secondary N) is 3. The lowest BCUT2D eigenvalue weighted by Gasteiger charge is -2.19. The van der Waals surface area contributed by atoms with E-state index in [1.165, 1.54) is 5.56 Å². The molecule has 0 saturated carbocycles. The predicted octanol–water partition coefficient (Wildman–Crippen LogP) is 2.72. The Hall–Kier alpha value is -2.28. The Morgan fingerprint density at radius 2 is 1.64 bits per heavy atom. The zero-order chi connectivity index (χ0) is 20.7. The molecular weight excluding hydrogens is 356 g/mol. The number of nitrogens with zero attached hydrogens (tertiary/aromatic N) is 1. The number of ether oxygens (including phenoxy) is 2. The SMILES string of the molecule is CN=C(NCCCCOCCc1ccccc1)NCCNC(=O)OC(C)(C)C. The molecular formula is C21H36N4O3. The van der Waals surface area contributed by atoms with Crippen molar-refractivity contribution in [3.8, 4) is 0 Å². The van der Waals surface area contributed by atoms with Gasteiger partial charge < -0.3 is 25.4 Å². The van der Waals surface area contributed by atoms with Gasteiger partial charge in [-0.2, -0.15) is 0 Å². The van der Waals surface area contributed by atoms with Crippen LogP contribution < -0.4 is 16.0 Å². The highest BCUT2D eigenvalue weighted by Gasteiger charge is 2.15. The van der Waals surface area contributed by atoms with Gasteiger partial charge in [0.15, 0.2) is 5.96 Å². The maximum Gasteiger partial charge on any atom is 0.407 e. The van der Waals surface area contributed by atoms with E-state index >= 15 is 0 Å². The largest absolute Gasteiger partial charge is 0.444 e. The molecule has 0 spiro atoms. The Morgan fingerprint density at radius 3 is 2.32 bits per heavy atom. The van der Waals surface area contributed by atoms with E-state index in [1.807, 2.05) is 26.8 Å². The van der Waals surface area contributed by atoms with Crippen LogP contribution in [0, 0.1) is 0 Å². The number of aliphatic imine (C=N–C) groups is 1. The fraction of sp³-hybridized carbons (Fsp3) is 0.619. The third-order valence-electron chi connectivity index (χ3n) is 3.70. The molecule has 1 amide bonds. The second-order valence-corrected chi connectivity index (χ2v) is 7.41. The van der Waals surface area contributed by atoms with Gasteiger partial charge in [-0.25, -0.2) is 4.79 Å². The summed E-state index contributed by atoms with van der Waals surface area (Å²) in [5, 5.41) is 9.11. The number of rotatable bonds is 11. The molecule has 1 rings (SSSR count). The van der Waals surface area contributed by atoms with Gasteiger partial charge in [-0.1, -0.05) is 30.3 Å². The van der Waals surface area contributed by atoms with E-state index < -0.39 is 11.7 Å². The van der Waals surface area contributed by atoms with Crippen molar-refractivity contribution in [2.24, 2.45) is 4.99 Å². The number of hydrogen-bond acceptors (Lipinski definition) is 4. The lowest BCUT2D eigenvalue weighted by Crippen LogP contribution is -2.42. The predicted molar refractivity (Wildman–Crippen MR) is 114 cm³/mol. The molecule has 0 bridgehead atoms. The van der Waals surface area contributed by atoms with Crippen LogP contribution in [0.3, 0.4) is 0 Å². The van der Waals surface area contributed by atoms with Crippen LogP contribution in [0.5, 0.6) is 0 Å². The molecule has 158 valence electrons. The minimum atomic E-state index is -0.486. The third kappa shape index (κ3) is 13.0. The molecule has 7 nitrogen and oxygen atoms in total. The molecule has 0 fully saturated rings. The second kappa shape index (κ2) is 13.8. The fourth-order valence-corrected chi connectivity index (χ4v) is 2.35. The summed E-state index contributed by atoms with van der Waals surface area (Å²) < 4.78 is 10.9. The normalized spacial score (nSPS) is 11.8. The van der Waals surface area contributed by atoms with Gasteiger partial charge in [0, 0.05) is 33.3 Å². The number of hydrogen-bond donors (Lipinski definition) is 3. The molecule has 1 aromatic carbocycles. The van der Waals surface area contributed by atoms with Crippen LogP contribution in [0.25, 0.3) is 0 Å². The van der Waals surface area contributed by atoms with Crippen molar-refractivity contribution in [2.75, 3.05) is 39.9 Å². The summed E-state index contributed by atoms with van der Waals surface area (Å²) in [5.74, 6) is 0.719. The minimum Gasteiger partial charge on any atom is -0.444 e. The van der Waals surface area contributed by atoms with Crippen molar-refractivity contribution >= 4 is 12.1 Å². The quantitative estimate of drug-likeness (QED) is 0.306. The molecule has 0 heterocycles.